The molecule has 0 radical (unpaired) electrons. The van der Waals surface area contributed by atoms with Crippen molar-refractivity contribution < 1.29 is 14.7 Å². The predicted octanol–water partition coefficient (Wildman–Crippen LogP) is 4.18. The van der Waals surface area contributed by atoms with Gasteiger partial charge in [-0.1, -0.05) is 73.5 Å². The smallest absolute Gasteiger partial charge is 0.326 e. The number of unbranched alkanes of at least 4 members (excludes halogenated alkanes) is 1. The first kappa shape index (κ1) is 18.0. The van der Waals surface area contributed by atoms with Gasteiger partial charge in [0.2, 0.25) is 0 Å². The first-order valence-corrected chi connectivity index (χ1v) is 8.80. The van der Waals surface area contributed by atoms with Crippen LogP contribution in [0.3, 0.4) is 0 Å². The fourth-order valence-electron chi connectivity index (χ4n) is 2.24. The van der Waals surface area contributed by atoms with Gasteiger partial charge in [0, 0.05) is 5.02 Å². The van der Waals surface area contributed by atoms with Crippen molar-refractivity contribution in [1.29, 1.82) is 0 Å². The van der Waals surface area contributed by atoms with E-state index in [1.807, 2.05) is 13.0 Å². The zero-order valence-corrected chi connectivity index (χ0v) is 14.9. The number of carbonyl (C=O) groups is 2. The van der Waals surface area contributed by atoms with Crippen molar-refractivity contribution in [3.8, 4) is 0 Å². The fraction of sp³-hybridized carbons (Fsp3) is 0.312. The molecule has 0 spiro atoms. The maximum atomic E-state index is 12.6. The molecule has 2 rings (SSSR count). The van der Waals surface area contributed by atoms with E-state index in [1.54, 1.807) is 24.3 Å². The van der Waals surface area contributed by atoms with Gasteiger partial charge in [-0.3, -0.25) is 9.69 Å². The van der Waals surface area contributed by atoms with Crippen LogP contribution in [-0.2, 0) is 9.59 Å². The Labute approximate surface area is 149 Å². The molecule has 0 aliphatic carbocycles. The summed E-state index contributed by atoms with van der Waals surface area (Å²) in [4.78, 5) is 25.7. The standard InChI is InChI=1S/C16H16ClNO3S2/c1-2-3-8-12(15(20)21)18-14(19)13(23-16(18)22)9-10-6-4-5-7-11(10)17/h4-7,9,12H,2-3,8H2,1H3,(H,20,21)/b13-9-. The molecule has 1 fully saturated rings. The molecule has 4 nitrogen and oxygen atoms in total. The zero-order valence-electron chi connectivity index (χ0n) is 12.5. The van der Waals surface area contributed by atoms with E-state index in [9.17, 15) is 14.7 Å². The van der Waals surface area contributed by atoms with Crippen molar-refractivity contribution in [2.75, 3.05) is 0 Å². The lowest BCUT2D eigenvalue weighted by molar-refractivity contribution is -0.145. The van der Waals surface area contributed by atoms with Gasteiger partial charge in [0.1, 0.15) is 10.4 Å². The van der Waals surface area contributed by atoms with Gasteiger partial charge in [-0.25, -0.2) is 4.79 Å². The van der Waals surface area contributed by atoms with Crippen LogP contribution < -0.4 is 0 Å². The van der Waals surface area contributed by atoms with Gasteiger partial charge in [0.15, 0.2) is 0 Å². The van der Waals surface area contributed by atoms with E-state index in [0.717, 1.165) is 24.6 Å². The summed E-state index contributed by atoms with van der Waals surface area (Å²) in [6.45, 7) is 1.97. The SMILES string of the molecule is CCCCC(C(=O)O)N1C(=O)/C(=C/c2ccccc2Cl)SC1=S. The van der Waals surface area contributed by atoms with E-state index in [0.29, 0.717) is 21.9 Å². The Morgan fingerprint density at radius 1 is 1.48 bits per heavy atom. The van der Waals surface area contributed by atoms with E-state index in [1.165, 1.54) is 4.90 Å². The topological polar surface area (TPSA) is 57.6 Å². The Kier molecular flexibility index (Phi) is 6.21. The summed E-state index contributed by atoms with van der Waals surface area (Å²) < 4.78 is 0.275. The number of amides is 1. The third kappa shape index (κ3) is 4.13. The maximum Gasteiger partial charge on any atom is 0.326 e. The molecular weight excluding hydrogens is 354 g/mol. The Bertz CT molecular complexity index is 675. The number of hydrogen-bond donors (Lipinski definition) is 1. The van der Waals surface area contributed by atoms with Gasteiger partial charge in [0.05, 0.1) is 4.91 Å². The number of hydrogen-bond acceptors (Lipinski definition) is 4. The summed E-state index contributed by atoms with van der Waals surface area (Å²) in [6.07, 6.45) is 3.61. The van der Waals surface area contributed by atoms with Gasteiger partial charge >= 0.3 is 5.97 Å². The highest BCUT2D eigenvalue weighted by atomic mass is 35.5. The zero-order chi connectivity index (χ0) is 17.0. The lowest BCUT2D eigenvalue weighted by Gasteiger charge is -2.22. The minimum Gasteiger partial charge on any atom is -0.480 e. The Morgan fingerprint density at radius 3 is 2.78 bits per heavy atom. The summed E-state index contributed by atoms with van der Waals surface area (Å²) >= 11 is 12.4. The molecule has 7 heteroatoms. The van der Waals surface area contributed by atoms with Crippen molar-refractivity contribution in [1.82, 2.24) is 4.90 Å². The fourth-order valence-corrected chi connectivity index (χ4v) is 3.78. The molecule has 0 saturated carbocycles. The normalized spacial score (nSPS) is 17.8. The lowest BCUT2D eigenvalue weighted by atomic mass is 10.1. The quantitative estimate of drug-likeness (QED) is 0.602. The maximum absolute atomic E-state index is 12.6. The molecule has 1 amide bonds. The van der Waals surface area contributed by atoms with Crippen LogP contribution in [0.2, 0.25) is 5.02 Å². The highest BCUT2D eigenvalue weighted by Crippen LogP contribution is 2.35. The summed E-state index contributed by atoms with van der Waals surface area (Å²) in [5.41, 5.74) is 0.704. The molecule has 1 aromatic rings. The average Bonchev–Trinajstić information content (AvgIpc) is 2.77. The number of halogens is 1. The summed E-state index contributed by atoms with van der Waals surface area (Å²) in [7, 11) is 0. The van der Waals surface area contributed by atoms with E-state index in [-0.39, 0.29) is 10.2 Å². The van der Waals surface area contributed by atoms with Crippen molar-refractivity contribution in [3.05, 3.63) is 39.8 Å². The van der Waals surface area contributed by atoms with Gasteiger partial charge in [-0.15, -0.1) is 0 Å². The number of rotatable bonds is 6. The number of carboxylic acids is 1. The third-order valence-corrected chi connectivity index (χ3v) is 5.12. The van der Waals surface area contributed by atoms with E-state index >= 15 is 0 Å². The second-order valence-corrected chi connectivity index (χ2v) is 7.15. The molecule has 0 aromatic heterocycles. The van der Waals surface area contributed by atoms with Crippen molar-refractivity contribution in [2.24, 2.45) is 0 Å². The second kappa shape index (κ2) is 7.95. The molecular formula is C16H16ClNO3S2. The monoisotopic (exact) mass is 369 g/mol. The molecule has 1 aliphatic heterocycles. The first-order chi connectivity index (χ1) is 11.0. The number of carbonyl (C=O) groups excluding carboxylic acids is 1. The number of thiocarbonyl (C=S) groups is 1. The largest absolute Gasteiger partial charge is 0.480 e. The van der Waals surface area contributed by atoms with Crippen molar-refractivity contribution in [3.63, 3.8) is 0 Å². The van der Waals surface area contributed by atoms with E-state index in [4.69, 9.17) is 23.8 Å². The number of nitrogens with zero attached hydrogens (tertiary/aromatic N) is 1. The molecule has 1 unspecified atom stereocenters. The van der Waals surface area contributed by atoms with Crippen LogP contribution in [-0.4, -0.2) is 32.2 Å². The third-order valence-electron chi connectivity index (χ3n) is 3.44. The number of carboxylic acid groups (broad SMARTS) is 1. The van der Waals surface area contributed by atoms with Gasteiger partial charge in [-0.2, -0.15) is 0 Å². The Hall–Kier alpha value is -1.37. The lowest BCUT2D eigenvalue weighted by Crippen LogP contribution is -2.43. The summed E-state index contributed by atoms with van der Waals surface area (Å²) in [5.74, 6) is -1.41. The Balaban J connectivity index is 2.29. The minimum atomic E-state index is -1.03. The van der Waals surface area contributed by atoms with Gasteiger partial charge in [-0.05, 0) is 24.1 Å². The molecule has 1 aliphatic rings. The molecule has 1 aromatic carbocycles. The van der Waals surface area contributed by atoms with Gasteiger partial charge < -0.3 is 5.11 Å². The summed E-state index contributed by atoms with van der Waals surface area (Å²) in [6, 6.07) is 6.23. The van der Waals surface area contributed by atoms with Crippen LogP contribution >= 0.6 is 35.6 Å². The highest BCUT2D eigenvalue weighted by Gasteiger charge is 2.40. The highest BCUT2D eigenvalue weighted by molar-refractivity contribution is 8.26. The van der Waals surface area contributed by atoms with Crippen molar-refractivity contribution in [2.45, 2.75) is 32.2 Å². The molecule has 1 N–H and O–H groups in total. The summed E-state index contributed by atoms with van der Waals surface area (Å²) in [5, 5.41) is 9.94. The molecule has 1 atom stereocenters. The van der Waals surface area contributed by atoms with Crippen LogP contribution in [0.15, 0.2) is 29.2 Å². The van der Waals surface area contributed by atoms with Crippen LogP contribution in [0.25, 0.3) is 6.08 Å². The van der Waals surface area contributed by atoms with E-state index in [2.05, 4.69) is 0 Å². The minimum absolute atomic E-state index is 0.275. The Morgan fingerprint density at radius 2 is 2.17 bits per heavy atom. The van der Waals surface area contributed by atoms with Crippen molar-refractivity contribution >= 4 is 57.9 Å². The second-order valence-electron chi connectivity index (χ2n) is 5.07. The molecule has 1 saturated heterocycles. The number of benzene rings is 1. The first-order valence-electron chi connectivity index (χ1n) is 7.20. The average molecular weight is 370 g/mol. The van der Waals surface area contributed by atoms with Gasteiger partial charge in [0.25, 0.3) is 5.91 Å². The predicted molar refractivity (Wildman–Crippen MR) is 97.4 cm³/mol. The van der Waals surface area contributed by atoms with Crippen LogP contribution in [0, 0.1) is 0 Å². The van der Waals surface area contributed by atoms with Crippen LogP contribution in [0.5, 0.6) is 0 Å². The van der Waals surface area contributed by atoms with E-state index < -0.39 is 12.0 Å². The number of thioether (sulfide) groups is 1. The molecule has 1 heterocycles. The molecule has 0 bridgehead atoms. The molecule has 23 heavy (non-hydrogen) atoms. The van der Waals surface area contributed by atoms with Crippen LogP contribution in [0.1, 0.15) is 31.7 Å². The molecule has 122 valence electrons. The number of aliphatic carboxylic acids is 1. The van der Waals surface area contributed by atoms with Crippen LogP contribution in [0.4, 0.5) is 0 Å².